The zero-order valence-corrected chi connectivity index (χ0v) is 53.1. The molecule has 0 saturated carbocycles. The van der Waals surface area contributed by atoms with E-state index >= 15 is 0 Å². The van der Waals surface area contributed by atoms with Crippen molar-refractivity contribution in [2.24, 2.45) is 0 Å². The molecule has 0 aliphatic rings. The van der Waals surface area contributed by atoms with Gasteiger partial charge in [0.2, 0.25) is 0 Å². The molecule has 2 atom stereocenters. The second-order valence-electron chi connectivity index (χ2n) is 24.6. The van der Waals surface area contributed by atoms with Gasteiger partial charge >= 0.3 is 19.8 Å². The quantitative estimate of drug-likeness (QED) is 0.0211. The Hall–Kier alpha value is -1.25. The van der Waals surface area contributed by atoms with Gasteiger partial charge in [-0.15, -0.1) is 0 Å². The molecule has 2 unspecified atom stereocenters. The highest BCUT2D eigenvalue weighted by Gasteiger charge is 2.27. The Morgan fingerprint density at radius 2 is 0.662 bits per heavy atom. The van der Waals surface area contributed by atoms with Gasteiger partial charge in [-0.1, -0.05) is 315 Å². The third kappa shape index (κ3) is 63.8. The first-order chi connectivity index (χ1) is 37.5. The number of quaternary nitrogens is 1. The van der Waals surface area contributed by atoms with Crippen LogP contribution in [0.25, 0.3) is 0 Å². The number of esters is 2. The van der Waals surface area contributed by atoms with Gasteiger partial charge in [0, 0.05) is 12.8 Å². The smallest absolute Gasteiger partial charge is 0.462 e. The van der Waals surface area contributed by atoms with Gasteiger partial charge in [0.1, 0.15) is 19.8 Å². The number of allylic oxidation sites excluding steroid dienone is 2. The molecule has 0 saturated heterocycles. The van der Waals surface area contributed by atoms with Gasteiger partial charge in [0.05, 0.1) is 27.7 Å². The van der Waals surface area contributed by atoms with Crippen molar-refractivity contribution in [3.8, 4) is 0 Å². The normalized spacial score (nSPS) is 13.2. The molecule has 458 valence electrons. The molecule has 9 nitrogen and oxygen atoms in total. The molecule has 0 fully saturated rings. The largest absolute Gasteiger partial charge is 0.472 e. The van der Waals surface area contributed by atoms with Gasteiger partial charge in [-0.3, -0.25) is 18.6 Å². The van der Waals surface area contributed by atoms with Crippen molar-refractivity contribution in [1.29, 1.82) is 0 Å². The number of ether oxygens (including phenoxy) is 2. The van der Waals surface area contributed by atoms with E-state index in [1.54, 1.807) is 0 Å². The monoisotopic (exact) mass is 1110 g/mol. The number of carbonyl (C=O) groups is 2. The number of phosphoric ester groups is 1. The number of nitrogens with zero attached hydrogens (tertiary/aromatic N) is 1. The summed E-state index contributed by atoms with van der Waals surface area (Å²) in [6.07, 6.45) is 71.7. The molecule has 0 heterocycles. The summed E-state index contributed by atoms with van der Waals surface area (Å²) in [5.74, 6) is -0.772. The maximum Gasteiger partial charge on any atom is 0.472 e. The highest BCUT2D eigenvalue weighted by Crippen LogP contribution is 2.43. The van der Waals surface area contributed by atoms with Crippen LogP contribution in [0.2, 0.25) is 0 Å². The summed E-state index contributed by atoms with van der Waals surface area (Å²) in [6.45, 7) is 4.52. The molecular formula is C67H133NO8P+. The summed E-state index contributed by atoms with van der Waals surface area (Å²) in [4.78, 5) is 35.8. The molecule has 0 bridgehead atoms. The van der Waals surface area contributed by atoms with Crippen molar-refractivity contribution in [1.82, 2.24) is 0 Å². The Bertz CT molecular complexity index is 1300. The van der Waals surface area contributed by atoms with Crippen molar-refractivity contribution in [2.75, 3.05) is 47.5 Å². The van der Waals surface area contributed by atoms with E-state index in [1.165, 1.54) is 289 Å². The molecule has 0 aliphatic carbocycles. The molecule has 10 heteroatoms. The van der Waals surface area contributed by atoms with Crippen LogP contribution in [0, 0.1) is 0 Å². The summed E-state index contributed by atoms with van der Waals surface area (Å²) in [7, 11) is 1.50. The van der Waals surface area contributed by atoms with Crippen molar-refractivity contribution < 1.29 is 42.1 Å². The zero-order chi connectivity index (χ0) is 56.3. The molecule has 77 heavy (non-hydrogen) atoms. The SMILES string of the molecule is CCCCCCCCCC/C=C\CCCCCCCCCCCCCCCCCCCC(=O)OC(COC(=O)CCCCCCCCCCCCCCCCCCCCCCCCCC)COP(=O)(O)OCC[N+](C)(C)C. The molecule has 0 spiro atoms. The average Bonchev–Trinajstić information content (AvgIpc) is 3.39. The Balaban J connectivity index is 4.01. The third-order valence-corrected chi connectivity index (χ3v) is 16.5. The first kappa shape index (κ1) is 75.8. The van der Waals surface area contributed by atoms with Crippen molar-refractivity contribution in [3.05, 3.63) is 12.2 Å². The highest BCUT2D eigenvalue weighted by atomic mass is 31.2. The lowest BCUT2D eigenvalue weighted by Crippen LogP contribution is -2.37. The summed E-state index contributed by atoms with van der Waals surface area (Å²) in [5, 5.41) is 0. The average molecular weight is 1110 g/mol. The number of unbranched alkanes of at least 4 members (excludes halogenated alkanes) is 48. The van der Waals surface area contributed by atoms with Crippen molar-refractivity contribution >= 4 is 19.8 Å². The van der Waals surface area contributed by atoms with Gasteiger partial charge in [-0.2, -0.15) is 0 Å². The predicted molar refractivity (Wildman–Crippen MR) is 331 cm³/mol. The molecule has 0 aliphatic heterocycles. The number of rotatable bonds is 64. The minimum atomic E-state index is -4.38. The lowest BCUT2D eigenvalue weighted by atomic mass is 10.0. The molecule has 0 rings (SSSR count). The van der Waals surface area contributed by atoms with Crippen LogP contribution in [0.1, 0.15) is 354 Å². The fourth-order valence-corrected chi connectivity index (χ4v) is 11.1. The van der Waals surface area contributed by atoms with E-state index < -0.39 is 26.5 Å². The molecule has 0 aromatic carbocycles. The Morgan fingerprint density at radius 1 is 0.390 bits per heavy atom. The van der Waals surface area contributed by atoms with Crippen molar-refractivity contribution in [2.45, 2.75) is 360 Å². The van der Waals surface area contributed by atoms with Gasteiger partial charge < -0.3 is 18.9 Å². The second kappa shape index (κ2) is 59.4. The lowest BCUT2D eigenvalue weighted by molar-refractivity contribution is -0.870. The van der Waals surface area contributed by atoms with E-state index in [4.69, 9.17) is 18.5 Å². The van der Waals surface area contributed by atoms with Gasteiger partial charge in [-0.25, -0.2) is 4.57 Å². The summed E-state index contributed by atoms with van der Waals surface area (Å²) in [5.41, 5.74) is 0. The van der Waals surface area contributed by atoms with Crippen LogP contribution >= 0.6 is 7.82 Å². The Kier molecular flexibility index (Phi) is 58.4. The number of hydrogen-bond acceptors (Lipinski definition) is 7. The molecular weight excluding hydrogens is 978 g/mol. The number of hydrogen-bond donors (Lipinski definition) is 1. The summed E-state index contributed by atoms with van der Waals surface area (Å²) >= 11 is 0. The van der Waals surface area contributed by atoms with E-state index in [0.717, 1.165) is 38.5 Å². The third-order valence-electron chi connectivity index (χ3n) is 15.5. The van der Waals surface area contributed by atoms with Gasteiger partial charge in [0.15, 0.2) is 6.10 Å². The van der Waals surface area contributed by atoms with Crippen LogP contribution in [-0.2, 0) is 32.7 Å². The Labute approximate surface area is 479 Å². The predicted octanol–water partition coefficient (Wildman–Crippen LogP) is 21.6. The molecule has 0 amide bonds. The topological polar surface area (TPSA) is 108 Å². The van der Waals surface area contributed by atoms with E-state index in [0.29, 0.717) is 17.4 Å². The lowest BCUT2D eigenvalue weighted by Gasteiger charge is -2.24. The van der Waals surface area contributed by atoms with Crippen LogP contribution < -0.4 is 0 Å². The van der Waals surface area contributed by atoms with Crippen LogP contribution in [0.5, 0.6) is 0 Å². The maximum absolute atomic E-state index is 12.9. The number of phosphoric acid groups is 1. The highest BCUT2D eigenvalue weighted by molar-refractivity contribution is 7.47. The van der Waals surface area contributed by atoms with Crippen LogP contribution in [-0.4, -0.2) is 74.9 Å². The fraction of sp³-hybridized carbons (Fsp3) is 0.940. The first-order valence-corrected chi connectivity index (χ1v) is 35.4. The number of carbonyl (C=O) groups excluding carboxylic acids is 2. The minimum absolute atomic E-state index is 0.0364. The molecule has 0 aromatic heterocycles. The molecule has 0 aromatic rings. The molecule has 1 N–H and O–H groups in total. The van der Waals surface area contributed by atoms with Crippen molar-refractivity contribution in [3.63, 3.8) is 0 Å². The van der Waals surface area contributed by atoms with E-state index in [-0.39, 0.29) is 25.6 Å². The van der Waals surface area contributed by atoms with Gasteiger partial charge in [0.25, 0.3) is 0 Å². The number of likely N-dealkylation sites (N-methyl/N-ethyl adjacent to an activating group) is 1. The maximum atomic E-state index is 12.9. The van der Waals surface area contributed by atoms with Crippen LogP contribution in [0.4, 0.5) is 0 Å². The minimum Gasteiger partial charge on any atom is -0.462 e. The van der Waals surface area contributed by atoms with E-state index in [2.05, 4.69) is 26.0 Å². The zero-order valence-electron chi connectivity index (χ0n) is 52.2. The summed E-state index contributed by atoms with van der Waals surface area (Å²) < 4.78 is 34.7. The van der Waals surface area contributed by atoms with E-state index in [9.17, 15) is 19.0 Å². The summed E-state index contributed by atoms with van der Waals surface area (Å²) in [6, 6.07) is 0. The van der Waals surface area contributed by atoms with E-state index in [1.807, 2.05) is 21.1 Å². The van der Waals surface area contributed by atoms with Gasteiger partial charge in [-0.05, 0) is 38.5 Å². The van der Waals surface area contributed by atoms with Crippen LogP contribution in [0.3, 0.4) is 0 Å². The fourth-order valence-electron chi connectivity index (χ4n) is 10.3. The molecule has 0 radical (unpaired) electrons. The Morgan fingerprint density at radius 3 is 0.961 bits per heavy atom. The van der Waals surface area contributed by atoms with Crippen LogP contribution in [0.15, 0.2) is 12.2 Å². The standard InChI is InChI=1S/C67H132NO8P/c1-6-8-10-12-14-16-18-20-22-24-26-28-30-32-33-34-35-36-38-40-42-44-46-48-50-52-54-56-58-60-67(70)76-65(64-75-77(71,72)74-62-61-68(3,4)5)63-73-66(69)59-57-55-53-51-49-47-45-43-41-39-37-31-29-27-25-23-21-19-17-15-13-11-9-7-2/h24,26,65H,6-23,25,27-64H2,1-5H3/p+1/b26-24-. The second-order valence-corrected chi connectivity index (χ2v) is 26.0. The first-order valence-electron chi connectivity index (χ1n) is 33.9.